The van der Waals surface area contributed by atoms with Crippen LogP contribution in [0, 0.1) is 5.92 Å². The quantitative estimate of drug-likeness (QED) is 0.404. The lowest BCUT2D eigenvalue weighted by Crippen LogP contribution is -2.30. The first-order chi connectivity index (χ1) is 16.6. The topological polar surface area (TPSA) is 120 Å². The van der Waals surface area contributed by atoms with Crippen LogP contribution in [0.15, 0.2) is 57.3 Å². The van der Waals surface area contributed by atoms with Crippen molar-refractivity contribution in [3.63, 3.8) is 0 Å². The molecule has 0 unspecified atom stereocenters. The van der Waals surface area contributed by atoms with Crippen molar-refractivity contribution < 1.29 is 13.2 Å². The van der Waals surface area contributed by atoms with Gasteiger partial charge in [-0.3, -0.25) is 9.36 Å². The third-order valence-corrected chi connectivity index (χ3v) is 8.40. The Morgan fingerprint density at radius 1 is 1.20 bits per heavy atom. The van der Waals surface area contributed by atoms with E-state index in [9.17, 15) is 13.2 Å². The highest BCUT2D eigenvalue weighted by molar-refractivity contribution is 9.10. The number of halogens is 2. The van der Waals surface area contributed by atoms with Crippen molar-refractivity contribution in [1.82, 2.24) is 14.8 Å². The van der Waals surface area contributed by atoms with Crippen molar-refractivity contribution in [3.05, 3.63) is 62.7 Å². The van der Waals surface area contributed by atoms with Gasteiger partial charge in [0.1, 0.15) is 0 Å². The second-order valence-corrected chi connectivity index (χ2v) is 11.8. The Bertz CT molecular complexity index is 1530. The summed E-state index contributed by atoms with van der Waals surface area (Å²) in [6.45, 7) is 4.19. The van der Waals surface area contributed by atoms with Gasteiger partial charge in [-0.25, -0.2) is 13.6 Å². The molecular weight excluding hydrogens is 574 g/mol. The van der Waals surface area contributed by atoms with Crippen molar-refractivity contribution in [2.24, 2.45) is 11.1 Å². The van der Waals surface area contributed by atoms with E-state index in [1.165, 1.54) is 53.6 Å². The van der Waals surface area contributed by atoms with Crippen molar-refractivity contribution in [2.75, 3.05) is 11.1 Å². The molecule has 1 heterocycles. The van der Waals surface area contributed by atoms with Gasteiger partial charge in [-0.15, -0.1) is 10.2 Å². The molecule has 1 aromatic heterocycles. The average molecular weight is 597 g/mol. The van der Waals surface area contributed by atoms with E-state index in [0.29, 0.717) is 15.8 Å². The molecule has 0 bridgehead atoms. The highest BCUT2D eigenvalue weighted by Gasteiger charge is 2.24. The number of sulfonamides is 1. The van der Waals surface area contributed by atoms with E-state index in [2.05, 4.69) is 50.5 Å². The van der Waals surface area contributed by atoms with Gasteiger partial charge in [0.15, 0.2) is 5.16 Å². The summed E-state index contributed by atoms with van der Waals surface area (Å²) >= 11 is 10.8. The highest BCUT2D eigenvalue weighted by Crippen LogP contribution is 2.36. The van der Waals surface area contributed by atoms with Crippen LogP contribution in [0.25, 0.3) is 11.3 Å². The van der Waals surface area contributed by atoms with Crippen LogP contribution in [-0.4, -0.2) is 34.8 Å². The van der Waals surface area contributed by atoms with Crippen LogP contribution < -0.4 is 20.9 Å². The number of hydrogen-bond donors (Lipinski definition) is 2. The van der Waals surface area contributed by atoms with Crippen LogP contribution in [0.4, 0.5) is 5.69 Å². The molecule has 1 aliphatic rings. The van der Waals surface area contributed by atoms with Gasteiger partial charge in [-0.1, -0.05) is 53.2 Å². The maximum Gasteiger partial charge on any atom is 0.238 e. The molecule has 12 heteroatoms. The molecule has 0 spiro atoms. The lowest BCUT2D eigenvalue weighted by atomic mass is 10.1. The SMILES string of the molecule is C/C(=c1/cccc/c1=C(/C)n1c(Br)nnc1SCC(=O)Nc1ccc(S(N)(=O)=O)cc1Cl)C1CC1. The van der Waals surface area contributed by atoms with Crippen LogP contribution >= 0.6 is 39.3 Å². The van der Waals surface area contributed by atoms with Crippen LogP contribution in [-0.2, 0) is 14.8 Å². The summed E-state index contributed by atoms with van der Waals surface area (Å²) in [6, 6.07) is 12.1. The number of primary sulfonamides is 1. The fourth-order valence-electron chi connectivity index (χ4n) is 3.72. The van der Waals surface area contributed by atoms with Crippen molar-refractivity contribution in [1.29, 1.82) is 0 Å². The third kappa shape index (κ3) is 5.97. The van der Waals surface area contributed by atoms with Gasteiger partial charge >= 0.3 is 0 Å². The van der Waals surface area contributed by atoms with Crippen molar-refractivity contribution in [3.8, 4) is 0 Å². The highest BCUT2D eigenvalue weighted by atomic mass is 79.9. The normalized spacial score (nSPS) is 15.6. The van der Waals surface area contributed by atoms with Crippen LogP contribution in [0.3, 0.4) is 0 Å². The van der Waals surface area contributed by atoms with Gasteiger partial charge < -0.3 is 5.32 Å². The molecule has 1 aliphatic carbocycles. The number of nitrogens with two attached hydrogens (primary N) is 1. The number of thioether (sulfide) groups is 1. The number of rotatable bonds is 7. The minimum Gasteiger partial charge on any atom is -0.324 e. The van der Waals surface area contributed by atoms with Crippen molar-refractivity contribution in [2.45, 2.75) is 36.7 Å². The largest absolute Gasteiger partial charge is 0.324 e. The second-order valence-electron chi connectivity index (χ2n) is 8.20. The third-order valence-electron chi connectivity index (χ3n) is 5.74. The number of carbonyl (C=O) groups is 1. The van der Waals surface area contributed by atoms with E-state index in [1.807, 2.05) is 23.6 Å². The Balaban J connectivity index is 1.57. The van der Waals surface area contributed by atoms with E-state index < -0.39 is 10.0 Å². The molecule has 0 aliphatic heterocycles. The molecule has 0 saturated heterocycles. The molecule has 3 N–H and O–H groups in total. The van der Waals surface area contributed by atoms with Gasteiger partial charge in [0.05, 0.1) is 21.4 Å². The molecule has 0 atom stereocenters. The number of benzene rings is 2. The molecule has 3 aromatic rings. The molecule has 2 aromatic carbocycles. The van der Waals surface area contributed by atoms with Crippen LogP contribution in [0.2, 0.25) is 5.02 Å². The van der Waals surface area contributed by atoms with Crippen molar-refractivity contribution >= 4 is 72.2 Å². The van der Waals surface area contributed by atoms with E-state index in [4.69, 9.17) is 16.7 Å². The zero-order valence-electron chi connectivity index (χ0n) is 19.0. The monoisotopic (exact) mass is 595 g/mol. The van der Waals surface area contributed by atoms with E-state index in [0.717, 1.165) is 10.9 Å². The fourth-order valence-corrected chi connectivity index (χ4v) is 5.96. The Kier molecular flexibility index (Phi) is 7.72. The molecule has 1 saturated carbocycles. The molecule has 4 rings (SSSR count). The number of aromatic nitrogens is 3. The molecular formula is C23H23BrClN5O3S2. The lowest BCUT2D eigenvalue weighted by Gasteiger charge is -2.10. The number of amides is 1. The summed E-state index contributed by atoms with van der Waals surface area (Å²) in [4.78, 5) is 12.5. The smallest absolute Gasteiger partial charge is 0.238 e. The first-order valence-electron chi connectivity index (χ1n) is 10.7. The van der Waals surface area contributed by atoms with Gasteiger partial charge in [-0.05, 0) is 72.0 Å². The zero-order valence-corrected chi connectivity index (χ0v) is 22.9. The maximum absolute atomic E-state index is 12.6. The molecule has 35 heavy (non-hydrogen) atoms. The summed E-state index contributed by atoms with van der Waals surface area (Å²) < 4.78 is 25.4. The number of nitrogens with zero attached hydrogens (tertiary/aromatic N) is 3. The Morgan fingerprint density at radius 2 is 1.89 bits per heavy atom. The molecule has 1 amide bonds. The second kappa shape index (κ2) is 10.4. The summed E-state index contributed by atoms with van der Waals surface area (Å²) in [6.07, 6.45) is 2.45. The fraction of sp³-hybridized carbons (Fsp3) is 0.261. The Labute approximate surface area is 220 Å². The predicted molar refractivity (Wildman–Crippen MR) is 142 cm³/mol. The molecule has 0 radical (unpaired) electrons. The standard InChI is InChI=1S/C23H23BrClN5O3S2/c1-13(15-7-8-15)17-5-3-4-6-18(17)14(2)30-22(24)28-29-23(30)34-12-21(31)27-20-10-9-16(11-19(20)25)35(26,32)33/h3-6,9-11,15H,7-8,12H2,1-2H3,(H,27,31)(H2,26,32,33)/b17-13+,18-14+. The number of nitrogens with one attached hydrogen (secondary N) is 1. The van der Waals surface area contributed by atoms with Gasteiger partial charge in [0, 0.05) is 10.9 Å². The number of hydrogen-bond acceptors (Lipinski definition) is 6. The predicted octanol–water partition coefficient (Wildman–Crippen LogP) is 3.33. The van der Waals surface area contributed by atoms with Gasteiger partial charge in [0.25, 0.3) is 0 Å². The van der Waals surface area contributed by atoms with Gasteiger partial charge in [-0.2, -0.15) is 0 Å². The molecule has 184 valence electrons. The summed E-state index contributed by atoms with van der Waals surface area (Å²) in [5.74, 6) is 0.346. The summed E-state index contributed by atoms with van der Waals surface area (Å²) in [5.41, 5.74) is 2.61. The van der Waals surface area contributed by atoms with Crippen LogP contribution in [0.1, 0.15) is 26.7 Å². The minimum absolute atomic E-state index is 0.0422. The van der Waals surface area contributed by atoms with Crippen LogP contribution in [0.5, 0.6) is 0 Å². The molecule has 1 fully saturated rings. The zero-order chi connectivity index (χ0) is 25.3. The van der Waals surface area contributed by atoms with E-state index in [-0.39, 0.29) is 27.3 Å². The average Bonchev–Trinajstić information content (AvgIpc) is 3.60. The lowest BCUT2D eigenvalue weighted by molar-refractivity contribution is -0.113. The van der Waals surface area contributed by atoms with E-state index >= 15 is 0 Å². The Morgan fingerprint density at radius 3 is 2.51 bits per heavy atom. The number of carbonyl (C=O) groups excluding carboxylic acids is 1. The molecule has 8 nitrogen and oxygen atoms in total. The first kappa shape index (κ1) is 25.9. The first-order valence-corrected chi connectivity index (χ1v) is 14.4. The summed E-state index contributed by atoms with van der Waals surface area (Å²) in [5, 5.41) is 19.1. The number of anilines is 1. The maximum atomic E-state index is 12.6. The Hall–Kier alpha value is -2.18. The summed E-state index contributed by atoms with van der Waals surface area (Å²) in [7, 11) is -3.89. The minimum atomic E-state index is -3.89. The van der Waals surface area contributed by atoms with E-state index in [1.54, 1.807) is 0 Å². The van der Waals surface area contributed by atoms with Gasteiger partial charge in [0.2, 0.25) is 20.7 Å².